The normalized spacial score (nSPS) is 11.0. The van der Waals surface area contributed by atoms with Crippen LogP contribution < -0.4 is 5.32 Å². The van der Waals surface area contributed by atoms with Gasteiger partial charge in [0.25, 0.3) is 5.91 Å². The lowest BCUT2D eigenvalue weighted by molar-refractivity contribution is 0.102. The molecule has 3 rings (SSSR count). The number of nitrogens with one attached hydrogen (secondary N) is 2. The molecule has 0 bridgehead atoms. The van der Waals surface area contributed by atoms with Crippen molar-refractivity contribution in [1.82, 2.24) is 25.0 Å². The predicted molar refractivity (Wildman–Crippen MR) is 93.0 cm³/mol. The van der Waals surface area contributed by atoms with Crippen molar-refractivity contribution in [2.45, 2.75) is 30.8 Å². The number of anilines is 1. The third-order valence-electron chi connectivity index (χ3n) is 3.39. The molecule has 0 radical (unpaired) electrons. The van der Waals surface area contributed by atoms with Crippen molar-refractivity contribution in [1.29, 1.82) is 0 Å². The molecule has 2 aromatic heterocycles. The standard InChI is InChI=1S/C16H18N6OS/c1-11(2)22-14(7-8-19-22)20-15(23)13-5-3-12(4-6-13)9-24-16-17-10-18-21-16/h3-8,10-11H,9H2,1-2H3,(H,20,23)(H,17,18,21). The monoisotopic (exact) mass is 342 g/mol. The van der Waals surface area contributed by atoms with E-state index in [2.05, 4.69) is 25.6 Å². The third-order valence-corrected chi connectivity index (χ3v) is 4.33. The van der Waals surface area contributed by atoms with Crippen LogP contribution >= 0.6 is 11.8 Å². The molecule has 8 heteroatoms. The van der Waals surface area contributed by atoms with Crippen LogP contribution in [-0.2, 0) is 5.75 Å². The summed E-state index contributed by atoms with van der Waals surface area (Å²) in [6.07, 6.45) is 3.16. The number of hydrogen-bond donors (Lipinski definition) is 2. The van der Waals surface area contributed by atoms with Gasteiger partial charge >= 0.3 is 0 Å². The quantitative estimate of drug-likeness (QED) is 0.672. The molecule has 7 nitrogen and oxygen atoms in total. The lowest BCUT2D eigenvalue weighted by atomic mass is 10.1. The van der Waals surface area contributed by atoms with Gasteiger partial charge in [-0.25, -0.2) is 9.67 Å². The Bertz CT molecular complexity index is 794. The molecule has 2 N–H and O–H groups in total. The van der Waals surface area contributed by atoms with Crippen molar-refractivity contribution in [3.63, 3.8) is 0 Å². The molecule has 0 saturated carbocycles. The van der Waals surface area contributed by atoms with Gasteiger partial charge in [0.1, 0.15) is 12.1 Å². The maximum atomic E-state index is 12.4. The second-order valence-corrected chi connectivity index (χ2v) is 6.45. The predicted octanol–water partition coefficient (Wildman–Crippen LogP) is 3.13. The minimum absolute atomic E-state index is 0.146. The number of rotatable bonds is 6. The number of amides is 1. The smallest absolute Gasteiger partial charge is 0.256 e. The zero-order valence-corrected chi connectivity index (χ0v) is 14.2. The highest BCUT2D eigenvalue weighted by Crippen LogP contribution is 2.19. The summed E-state index contributed by atoms with van der Waals surface area (Å²) in [5.41, 5.74) is 1.72. The molecule has 2 heterocycles. The molecule has 0 aliphatic heterocycles. The summed E-state index contributed by atoms with van der Waals surface area (Å²) in [5, 5.41) is 14.5. The van der Waals surface area contributed by atoms with Gasteiger partial charge in [0, 0.05) is 23.4 Å². The highest BCUT2D eigenvalue weighted by Gasteiger charge is 2.11. The average Bonchev–Trinajstić information content (AvgIpc) is 3.25. The summed E-state index contributed by atoms with van der Waals surface area (Å²) in [7, 11) is 0. The van der Waals surface area contributed by atoms with Crippen molar-refractivity contribution in [3.05, 3.63) is 54.0 Å². The molecule has 24 heavy (non-hydrogen) atoms. The number of hydrogen-bond acceptors (Lipinski definition) is 5. The van der Waals surface area contributed by atoms with Crippen LogP contribution in [0.25, 0.3) is 0 Å². The Kier molecular flexibility index (Phi) is 4.95. The Morgan fingerprint density at radius 3 is 2.75 bits per heavy atom. The number of carbonyl (C=O) groups is 1. The fourth-order valence-corrected chi connectivity index (χ4v) is 2.92. The van der Waals surface area contributed by atoms with Crippen LogP contribution in [0.5, 0.6) is 0 Å². The van der Waals surface area contributed by atoms with E-state index >= 15 is 0 Å². The van der Waals surface area contributed by atoms with E-state index < -0.39 is 0 Å². The second-order valence-electron chi connectivity index (χ2n) is 5.49. The van der Waals surface area contributed by atoms with Gasteiger partial charge in [0.15, 0.2) is 5.16 Å². The van der Waals surface area contributed by atoms with Crippen LogP contribution in [0, 0.1) is 0 Å². The van der Waals surface area contributed by atoms with Gasteiger partial charge in [-0.05, 0) is 31.5 Å². The molecular formula is C16H18N6OS. The number of nitrogens with zero attached hydrogens (tertiary/aromatic N) is 4. The van der Waals surface area contributed by atoms with E-state index in [9.17, 15) is 4.79 Å². The van der Waals surface area contributed by atoms with Crippen molar-refractivity contribution in [2.75, 3.05) is 5.32 Å². The lowest BCUT2D eigenvalue weighted by Crippen LogP contribution is -2.16. The molecule has 0 fully saturated rings. The first-order chi connectivity index (χ1) is 11.6. The van der Waals surface area contributed by atoms with Gasteiger partial charge in [-0.2, -0.15) is 10.2 Å². The first-order valence-corrected chi connectivity index (χ1v) is 8.54. The number of aromatic amines is 1. The summed E-state index contributed by atoms with van der Waals surface area (Å²) < 4.78 is 1.78. The number of carbonyl (C=O) groups excluding carboxylic acids is 1. The molecule has 0 aliphatic rings. The average molecular weight is 342 g/mol. The molecule has 0 spiro atoms. The number of benzene rings is 1. The molecule has 0 saturated heterocycles. The minimum Gasteiger partial charge on any atom is -0.307 e. The third kappa shape index (κ3) is 3.83. The Morgan fingerprint density at radius 1 is 1.29 bits per heavy atom. The van der Waals surface area contributed by atoms with Crippen LogP contribution in [0.15, 0.2) is 48.0 Å². The summed E-state index contributed by atoms with van der Waals surface area (Å²) >= 11 is 1.56. The van der Waals surface area contributed by atoms with Gasteiger partial charge in [-0.15, -0.1) is 0 Å². The molecule has 1 amide bonds. The Balaban J connectivity index is 1.62. The Morgan fingerprint density at radius 2 is 2.08 bits per heavy atom. The largest absolute Gasteiger partial charge is 0.307 e. The number of aromatic nitrogens is 5. The fourth-order valence-electron chi connectivity index (χ4n) is 2.18. The topological polar surface area (TPSA) is 88.5 Å². The molecular weight excluding hydrogens is 324 g/mol. The van der Waals surface area contributed by atoms with Crippen LogP contribution in [0.2, 0.25) is 0 Å². The van der Waals surface area contributed by atoms with E-state index in [1.807, 2.05) is 38.1 Å². The lowest BCUT2D eigenvalue weighted by Gasteiger charge is -2.12. The minimum atomic E-state index is -0.146. The van der Waals surface area contributed by atoms with Crippen LogP contribution in [0.3, 0.4) is 0 Å². The fraction of sp³-hybridized carbons (Fsp3) is 0.250. The number of thioether (sulfide) groups is 1. The van der Waals surface area contributed by atoms with E-state index in [4.69, 9.17) is 0 Å². The van der Waals surface area contributed by atoms with E-state index in [1.54, 1.807) is 28.7 Å². The molecule has 0 unspecified atom stereocenters. The number of H-pyrrole nitrogens is 1. The molecule has 124 valence electrons. The van der Waals surface area contributed by atoms with Crippen LogP contribution in [0.4, 0.5) is 5.82 Å². The summed E-state index contributed by atoms with van der Waals surface area (Å²) in [5.74, 6) is 1.31. The molecule has 3 aromatic rings. The summed E-state index contributed by atoms with van der Waals surface area (Å²) in [4.78, 5) is 16.4. The van der Waals surface area contributed by atoms with E-state index in [0.29, 0.717) is 11.4 Å². The summed E-state index contributed by atoms with van der Waals surface area (Å²) in [6, 6.07) is 9.51. The highest BCUT2D eigenvalue weighted by molar-refractivity contribution is 7.98. The maximum absolute atomic E-state index is 12.4. The first-order valence-electron chi connectivity index (χ1n) is 7.55. The van der Waals surface area contributed by atoms with Crippen molar-refractivity contribution in [2.24, 2.45) is 0 Å². The molecule has 1 aromatic carbocycles. The molecule has 0 atom stereocenters. The summed E-state index contributed by atoms with van der Waals surface area (Å²) in [6.45, 7) is 4.04. The SMILES string of the molecule is CC(C)n1nccc1NC(=O)c1ccc(CSc2ncn[nH]2)cc1. The van der Waals surface area contributed by atoms with Gasteiger partial charge in [-0.3, -0.25) is 9.89 Å². The van der Waals surface area contributed by atoms with Gasteiger partial charge in [-0.1, -0.05) is 23.9 Å². The first kappa shape index (κ1) is 16.3. The Hall–Kier alpha value is -2.61. The molecule has 0 aliphatic carbocycles. The van der Waals surface area contributed by atoms with Gasteiger partial charge < -0.3 is 5.32 Å². The van der Waals surface area contributed by atoms with Crippen molar-refractivity contribution in [3.8, 4) is 0 Å². The Labute approximate surface area is 143 Å². The van der Waals surface area contributed by atoms with E-state index in [-0.39, 0.29) is 11.9 Å². The van der Waals surface area contributed by atoms with Crippen molar-refractivity contribution < 1.29 is 4.79 Å². The van der Waals surface area contributed by atoms with Crippen LogP contribution in [-0.4, -0.2) is 30.9 Å². The second kappa shape index (κ2) is 7.31. The van der Waals surface area contributed by atoms with Gasteiger partial charge in [0.05, 0.1) is 6.20 Å². The maximum Gasteiger partial charge on any atom is 0.256 e. The van der Waals surface area contributed by atoms with Gasteiger partial charge in [0.2, 0.25) is 0 Å². The van der Waals surface area contributed by atoms with E-state index in [1.165, 1.54) is 6.33 Å². The highest BCUT2D eigenvalue weighted by atomic mass is 32.2. The van der Waals surface area contributed by atoms with E-state index in [0.717, 1.165) is 16.5 Å². The zero-order valence-electron chi connectivity index (χ0n) is 13.4. The zero-order chi connectivity index (χ0) is 16.9. The van der Waals surface area contributed by atoms with Crippen LogP contribution in [0.1, 0.15) is 35.8 Å². The van der Waals surface area contributed by atoms with Crippen molar-refractivity contribution >= 4 is 23.5 Å².